The molecule has 0 spiro atoms. The van der Waals surface area contributed by atoms with E-state index in [0.717, 1.165) is 6.07 Å². The molecule has 0 bridgehead atoms. The molecule has 160 valence electrons. The number of carboxylic acid groups (broad SMARTS) is 2. The summed E-state index contributed by atoms with van der Waals surface area (Å²) in [5.74, 6) is -2.23. The molecule has 0 aliphatic rings. The molecule has 0 aliphatic carbocycles. The van der Waals surface area contributed by atoms with Gasteiger partial charge in [0.25, 0.3) is 0 Å². The lowest BCUT2D eigenvalue weighted by Gasteiger charge is -2.18. The Labute approximate surface area is 188 Å². The monoisotopic (exact) mass is 442 g/mol. The molecule has 0 fully saturated rings. The third-order valence-corrected chi connectivity index (χ3v) is 7.20. The quantitative estimate of drug-likeness (QED) is 0.434. The zero-order valence-corrected chi connectivity index (χ0v) is 18.4. The van der Waals surface area contributed by atoms with Gasteiger partial charge >= 0.3 is 11.9 Å². The number of aromatic carboxylic acids is 2. The van der Waals surface area contributed by atoms with Crippen molar-refractivity contribution in [3.63, 3.8) is 0 Å². The summed E-state index contributed by atoms with van der Waals surface area (Å²) in [4.78, 5) is 21.1. The Kier molecular flexibility index (Phi) is 7.91. The number of rotatable bonds is 5. The standard InChI is InChI=1S/C18H15P.C9H8O4/c1-4-10-16(11-5-1)19(17-12-6-2-7-13-17)18-14-8-3-9-15-18;1-5-2-3-6(8(10)11)4-7(5)9(12)13/h1-15H;2-4H,1H3,(H,10,11)(H,12,13). The highest BCUT2D eigenvalue weighted by Crippen LogP contribution is 2.32. The predicted octanol–water partition coefficient (Wildman–Crippen LogP) is 4.84. The largest absolute Gasteiger partial charge is 0.478 e. The third-order valence-electron chi connectivity index (χ3n) is 4.76. The lowest BCUT2D eigenvalue weighted by molar-refractivity contribution is 0.0695. The summed E-state index contributed by atoms with van der Waals surface area (Å²) < 4.78 is 0. The van der Waals surface area contributed by atoms with Crippen molar-refractivity contribution in [1.29, 1.82) is 0 Å². The fourth-order valence-electron chi connectivity index (χ4n) is 3.16. The van der Waals surface area contributed by atoms with Gasteiger partial charge in [-0.2, -0.15) is 0 Å². The second kappa shape index (κ2) is 11.0. The molecule has 2 N–H and O–H groups in total. The van der Waals surface area contributed by atoms with Crippen LogP contribution in [0.3, 0.4) is 0 Å². The highest BCUT2D eigenvalue weighted by atomic mass is 31.1. The van der Waals surface area contributed by atoms with Gasteiger partial charge in [0.1, 0.15) is 0 Å². The van der Waals surface area contributed by atoms with Gasteiger partial charge in [0, 0.05) is 0 Å². The van der Waals surface area contributed by atoms with Crippen molar-refractivity contribution >= 4 is 35.8 Å². The molecule has 32 heavy (non-hydrogen) atoms. The molecule has 0 amide bonds. The van der Waals surface area contributed by atoms with Crippen LogP contribution in [0.1, 0.15) is 26.3 Å². The normalized spacial score (nSPS) is 10.2. The molecule has 0 aromatic heterocycles. The van der Waals surface area contributed by atoms with E-state index in [1.807, 2.05) is 0 Å². The van der Waals surface area contributed by atoms with Crippen LogP contribution in [0.5, 0.6) is 0 Å². The first kappa shape index (κ1) is 22.9. The molecule has 0 aliphatic heterocycles. The Morgan fingerprint density at radius 2 is 1.00 bits per heavy atom. The second-order valence-corrected chi connectivity index (χ2v) is 9.20. The molecule has 0 saturated heterocycles. The average Bonchev–Trinajstić information content (AvgIpc) is 2.82. The minimum atomic E-state index is -1.12. The Morgan fingerprint density at radius 3 is 1.34 bits per heavy atom. The van der Waals surface area contributed by atoms with Crippen molar-refractivity contribution in [1.82, 2.24) is 0 Å². The lowest BCUT2D eigenvalue weighted by Crippen LogP contribution is -2.20. The topological polar surface area (TPSA) is 74.6 Å². The third kappa shape index (κ3) is 5.90. The van der Waals surface area contributed by atoms with Gasteiger partial charge in [-0.3, -0.25) is 0 Å². The molecule has 4 nitrogen and oxygen atoms in total. The number of hydrogen-bond acceptors (Lipinski definition) is 2. The Hall–Kier alpha value is -3.75. The van der Waals surface area contributed by atoms with Gasteiger partial charge in [0.15, 0.2) is 0 Å². The van der Waals surface area contributed by atoms with Crippen LogP contribution >= 0.6 is 7.92 Å². The zero-order valence-electron chi connectivity index (χ0n) is 17.6. The summed E-state index contributed by atoms with van der Waals surface area (Å²) in [6.45, 7) is 1.62. The summed E-state index contributed by atoms with van der Waals surface area (Å²) in [5.41, 5.74) is 0.570. The van der Waals surface area contributed by atoms with E-state index in [0.29, 0.717) is 5.56 Å². The van der Waals surface area contributed by atoms with Gasteiger partial charge in [0.05, 0.1) is 11.1 Å². The molecule has 0 heterocycles. The van der Waals surface area contributed by atoms with Crippen molar-refractivity contribution in [3.05, 3.63) is 126 Å². The summed E-state index contributed by atoms with van der Waals surface area (Å²) in [6.07, 6.45) is 0. The molecule has 4 aromatic carbocycles. The van der Waals surface area contributed by atoms with Crippen molar-refractivity contribution in [2.24, 2.45) is 0 Å². The number of carbonyl (C=O) groups is 2. The Bertz CT molecular complexity index is 1080. The van der Waals surface area contributed by atoms with E-state index in [4.69, 9.17) is 10.2 Å². The summed E-state index contributed by atoms with van der Waals surface area (Å²) in [7, 11) is -0.446. The molecular weight excluding hydrogens is 419 g/mol. The van der Waals surface area contributed by atoms with Crippen LogP contribution in [0.4, 0.5) is 0 Å². The van der Waals surface area contributed by atoms with Crippen molar-refractivity contribution < 1.29 is 19.8 Å². The van der Waals surface area contributed by atoms with Crippen LogP contribution < -0.4 is 15.9 Å². The number of aryl methyl sites for hydroxylation is 1. The van der Waals surface area contributed by atoms with E-state index in [2.05, 4.69) is 91.0 Å². The highest BCUT2D eigenvalue weighted by molar-refractivity contribution is 7.79. The van der Waals surface area contributed by atoms with Crippen LogP contribution in [0.2, 0.25) is 0 Å². The van der Waals surface area contributed by atoms with Crippen molar-refractivity contribution in [3.8, 4) is 0 Å². The first-order valence-electron chi connectivity index (χ1n) is 10.00. The maximum absolute atomic E-state index is 10.6. The van der Waals surface area contributed by atoms with E-state index in [-0.39, 0.29) is 11.1 Å². The van der Waals surface area contributed by atoms with E-state index in [1.165, 1.54) is 28.0 Å². The Balaban J connectivity index is 0.000000195. The molecule has 0 atom stereocenters. The summed E-state index contributed by atoms with van der Waals surface area (Å²) >= 11 is 0. The Morgan fingerprint density at radius 1 is 0.594 bits per heavy atom. The van der Waals surface area contributed by atoms with Gasteiger partial charge in [-0.15, -0.1) is 0 Å². The fourth-order valence-corrected chi connectivity index (χ4v) is 5.47. The van der Waals surface area contributed by atoms with E-state index in [9.17, 15) is 9.59 Å². The second-order valence-electron chi connectivity index (χ2n) is 6.98. The van der Waals surface area contributed by atoms with Gasteiger partial charge in [0.2, 0.25) is 0 Å². The highest BCUT2D eigenvalue weighted by Gasteiger charge is 2.15. The molecule has 4 rings (SSSR count). The minimum Gasteiger partial charge on any atom is -0.478 e. The van der Waals surface area contributed by atoms with Gasteiger partial charge in [-0.1, -0.05) is 97.1 Å². The van der Waals surface area contributed by atoms with Crippen LogP contribution in [0.15, 0.2) is 109 Å². The molecule has 5 heteroatoms. The number of hydrogen-bond donors (Lipinski definition) is 2. The summed E-state index contributed by atoms with van der Waals surface area (Å²) in [5, 5.41) is 21.5. The molecule has 0 radical (unpaired) electrons. The minimum absolute atomic E-state index is 0.0111. The number of benzene rings is 4. The van der Waals surface area contributed by atoms with Gasteiger partial charge in [-0.25, -0.2) is 9.59 Å². The van der Waals surface area contributed by atoms with Gasteiger partial charge < -0.3 is 10.2 Å². The van der Waals surface area contributed by atoms with E-state index < -0.39 is 19.9 Å². The SMILES string of the molecule is Cc1ccc(C(=O)O)cc1C(=O)O.c1ccc(P(c2ccccc2)c2ccccc2)cc1. The number of carboxylic acids is 2. The first-order valence-corrected chi connectivity index (χ1v) is 11.3. The van der Waals surface area contributed by atoms with Crippen LogP contribution in [-0.2, 0) is 0 Å². The zero-order chi connectivity index (χ0) is 22.9. The fraction of sp³-hybridized carbons (Fsp3) is 0.0370. The maximum atomic E-state index is 10.6. The van der Waals surface area contributed by atoms with Crippen molar-refractivity contribution in [2.75, 3.05) is 0 Å². The van der Waals surface area contributed by atoms with Gasteiger partial charge in [-0.05, 0) is 48.5 Å². The van der Waals surface area contributed by atoms with Crippen molar-refractivity contribution in [2.45, 2.75) is 6.92 Å². The smallest absolute Gasteiger partial charge is 0.335 e. The maximum Gasteiger partial charge on any atom is 0.335 e. The van der Waals surface area contributed by atoms with E-state index in [1.54, 1.807) is 6.92 Å². The lowest BCUT2D eigenvalue weighted by atomic mass is 10.1. The molecule has 0 unspecified atom stereocenters. The van der Waals surface area contributed by atoms with E-state index >= 15 is 0 Å². The average molecular weight is 442 g/mol. The molecular formula is C27H23O4P. The summed E-state index contributed by atoms with van der Waals surface area (Å²) in [6, 6.07) is 36.3. The van der Waals surface area contributed by atoms with Crippen LogP contribution in [-0.4, -0.2) is 22.2 Å². The van der Waals surface area contributed by atoms with Crippen LogP contribution in [0.25, 0.3) is 0 Å². The molecule has 0 saturated carbocycles. The van der Waals surface area contributed by atoms with Crippen LogP contribution in [0, 0.1) is 6.92 Å². The first-order chi connectivity index (χ1) is 15.5. The predicted molar refractivity (Wildman–Crippen MR) is 130 cm³/mol. The molecule has 4 aromatic rings.